The fourth-order valence-corrected chi connectivity index (χ4v) is 4.05. The fraction of sp³-hybridized carbons (Fsp3) is 0.600. The molecule has 2 unspecified atom stereocenters. The minimum atomic E-state index is -0.246. The first-order chi connectivity index (χ1) is 12.0. The van der Waals surface area contributed by atoms with Crippen molar-refractivity contribution in [3.8, 4) is 0 Å². The highest BCUT2D eigenvalue weighted by atomic mass is 16.2. The van der Waals surface area contributed by atoms with Crippen molar-refractivity contribution in [2.24, 2.45) is 5.92 Å². The van der Waals surface area contributed by atoms with Crippen molar-refractivity contribution >= 4 is 17.5 Å². The lowest BCUT2D eigenvalue weighted by Gasteiger charge is -2.24. The summed E-state index contributed by atoms with van der Waals surface area (Å²) >= 11 is 0. The molecule has 0 aliphatic carbocycles. The Morgan fingerprint density at radius 1 is 1.32 bits per heavy atom. The van der Waals surface area contributed by atoms with Crippen molar-refractivity contribution < 1.29 is 9.59 Å². The van der Waals surface area contributed by atoms with Gasteiger partial charge in [-0.2, -0.15) is 0 Å². The summed E-state index contributed by atoms with van der Waals surface area (Å²) in [5.41, 5.74) is 3.22. The molecule has 0 radical (unpaired) electrons. The van der Waals surface area contributed by atoms with Crippen LogP contribution in [0.5, 0.6) is 0 Å². The molecule has 5 heteroatoms. The van der Waals surface area contributed by atoms with Crippen LogP contribution in [0.4, 0.5) is 5.69 Å². The minimum absolute atomic E-state index is 0.0177. The SMILES string of the molecule is CCN1CCCC1CNC(=O)C1CC(=O)N(c2cccc(C)c2C)C1. The van der Waals surface area contributed by atoms with Gasteiger partial charge in [0, 0.05) is 31.2 Å². The maximum Gasteiger partial charge on any atom is 0.227 e. The summed E-state index contributed by atoms with van der Waals surface area (Å²) in [7, 11) is 0. The van der Waals surface area contributed by atoms with E-state index in [0.717, 1.165) is 30.8 Å². The van der Waals surface area contributed by atoms with Gasteiger partial charge in [0.2, 0.25) is 11.8 Å². The second-order valence-electron chi connectivity index (χ2n) is 7.29. The first-order valence-electron chi connectivity index (χ1n) is 9.39. The monoisotopic (exact) mass is 343 g/mol. The number of anilines is 1. The predicted molar refractivity (Wildman–Crippen MR) is 99.7 cm³/mol. The average Bonchev–Trinajstić information content (AvgIpc) is 3.21. The van der Waals surface area contributed by atoms with E-state index in [2.05, 4.69) is 17.1 Å². The lowest BCUT2D eigenvalue weighted by atomic mass is 10.1. The Morgan fingerprint density at radius 3 is 2.88 bits per heavy atom. The fourth-order valence-electron chi connectivity index (χ4n) is 4.05. The minimum Gasteiger partial charge on any atom is -0.354 e. The normalized spacial score (nSPS) is 24.1. The molecule has 2 aliphatic heterocycles. The van der Waals surface area contributed by atoms with Gasteiger partial charge in [0.1, 0.15) is 0 Å². The van der Waals surface area contributed by atoms with Crippen LogP contribution in [0, 0.1) is 19.8 Å². The number of rotatable bonds is 5. The third kappa shape index (κ3) is 3.71. The van der Waals surface area contributed by atoms with E-state index in [9.17, 15) is 9.59 Å². The molecule has 1 aromatic rings. The molecule has 2 saturated heterocycles. The Labute approximate surface area is 150 Å². The number of carbonyl (C=O) groups is 2. The van der Waals surface area contributed by atoms with Crippen LogP contribution in [0.1, 0.15) is 37.3 Å². The molecular formula is C20H29N3O2. The number of aryl methyl sites for hydroxylation is 1. The van der Waals surface area contributed by atoms with Crippen LogP contribution in [0.2, 0.25) is 0 Å². The molecule has 25 heavy (non-hydrogen) atoms. The van der Waals surface area contributed by atoms with Crippen LogP contribution in [-0.4, -0.2) is 48.9 Å². The Bertz CT molecular complexity index is 658. The maximum absolute atomic E-state index is 12.6. The van der Waals surface area contributed by atoms with Crippen molar-refractivity contribution in [2.75, 3.05) is 31.1 Å². The number of benzene rings is 1. The molecule has 2 fully saturated rings. The summed E-state index contributed by atoms with van der Waals surface area (Å²) in [5, 5.41) is 3.09. The molecule has 136 valence electrons. The van der Waals surface area contributed by atoms with Crippen LogP contribution in [0.15, 0.2) is 18.2 Å². The second-order valence-corrected chi connectivity index (χ2v) is 7.29. The quantitative estimate of drug-likeness (QED) is 0.892. The Balaban J connectivity index is 1.60. The molecule has 1 N–H and O–H groups in total. The van der Waals surface area contributed by atoms with E-state index in [0.29, 0.717) is 25.6 Å². The highest BCUT2D eigenvalue weighted by molar-refractivity contribution is 6.00. The lowest BCUT2D eigenvalue weighted by molar-refractivity contribution is -0.126. The molecule has 0 saturated carbocycles. The largest absolute Gasteiger partial charge is 0.354 e. The highest BCUT2D eigenvalue weighted by Gasteiger charge is 2.36. The zero-order chi connectivity index (χ0) is 18.0. The summed E-state index contributed by atoms with van der Waals surface area (Å²) in [6.07, 6.45) is 2.66. The topological polar surface area (TPSA) is 52.7 Å². The van der Waals surface area contributed by atoms with Crippen molar-refractivity contribution in [1.82, 2.24) is 10.2 Å². The number of nitrogens with zero attached hydrogens (tertiary/aromatic N) is 2. The zero-order valence-corrected chi connectivity index (χ0v) is 15.5. The van der Waals surface area contributed by atoms with Crippen LogP contribution in [0.25, 0.3) is 0 Å². The lowest BCUT2D eigenvalue weighted by Crippen LogP contribution is -2.42. The third-order valence-electron chi connectivity index (χ3n) is 5.78. The first-order valence-corrected chi connectivity index (χ1v) is 9.39. The van der Waals surface area contributed by atoms with E-state index in [-0.39, 0.29) is 17.7 Å². The number of likely N-dealkylation sites (N-methyl/N-ethyl adjacent to an activating group) is 1. The molecule has 5 nitrogen and oxygen atoms in total. The van der Waals surface area contributed by atoms with Gasteiger partial charge in [0.05, 0.1) is 5.92 Å². The Kier molecular flexibility index (Phi) is 5.42. The summed E-state index contributed by atoms with van der Waals surface area (Å²) in [4.78, 5) is 29.2. The number of likely N-dealkylation sites (tertiary alicyclic amines) is 1. The van der Waals surface area contributed by atoms with Crippen LogP contribution >= 0.6 is 0 Å². The second kappa shape index (κ2) is 7.56. The summed E-state index contributed by atoms with van der Waals surface area (Å²) in [6.45, 7) is 9.58. The van der Waals surface area contributed by atoms with E-state index in [4.69, 9.17) is 0 Å². The molecule has 0 bridgehead atoms. The Morgan fingerprint density at radius 2 is 2.12 bits per heavy atom. The van der Waals surface area contributed by atoms with Gasteiger partial charge in [-0.15, -0.1) is 0 Å². The summed E-state index contributed by atoms with van der Waals surface area (Å²) in [6, 6.07) is 6.43. The molecule has 2 atom stereocenters. The number of hydrogen-bond acceptors (Lipinski definition) is 3. The predicted octanol–water partition coefficient (Wildman–Crippen LogP) is 2.26. The standard InChI is InChI=1S/C20H29N3O2/c1-4-22-10-6-8-17(22)12-21-20(25)16-11-19(24)23(13-16)18-9-5-7-14(2)15(18)3/h5,7,9,16-17H,4,6,8,10-13H2,1-3H3,(H,21,25). The maximum atomic E-state index is 12.6. The van der Waals surface area contributed by atoms with Crippen molar-refractivity contribution in [2.45, 2.75) is 46.1 Å². The van der Waals surface area contributed by atoms with E-state index in [1.54, 1.807) is 4.90 Å². The van der Waals surface area contributed by atoms with Gasteiger partial charge in [0.15, 0.2) is 0 Å². The summed E-state index contributed by atoms with van der Waals surface area (Å²) < 4.78 is 0. The average molecular weight is 343 g/mol. The molecule has 2 aliphatic rings. The Hall–Kier alpha value is -1.88. The molecule has 2 heterocycles. The number of carbonyl (C=O) groups excluding carboxylic acids is 2. The van der Waals surface area contributed by atoms with Crippen molar-refractivity contribution in [3.05, 3.63) is 29.3 Å². The van der Waals surface area contributed by atoms with Gasteiger partial charge < -0.3 is 10.2 Å². The molecule has 2 amide bonds. The third-order valence-corrected chi connectivity index (χ3v) is 5.78. The number of hydrogen-bond donors (Lipinski definition) is 1. The van der Waals surface area contributed by atoms with Crippen molar-refractivity contribution in [1.29, 1.82) is 0 Å². The molecule has 1 aromatic carbocycles. The van der Waals surface area contributed by atoms with Crippen molar-refractivity contribution in [3.63, 3.8) is 0 Å². The van der Waals surface area contributed by atoms with E-state index in [1.165, 1.54) is 12.0 Å². The van der Waals surface area contributed by atoms with E-state index in [1.807, 2.05) is 32.0 Å². The van der Waals surface area contributed by atoms with Gasteiger partial charge in [-0.25, -0.2) is 0 Å². The molecule has 0 spiro atoms. The van der Waals surface area contributed by atoms with Gasteiger partial charge >= 0.3 is 0 Å². The van der Waals surface area contributed by atoms with Crippen LogP contribution in [0.3, 0.4) is 0 Å². The van der Waals surface area contributed by atoms with Crippen LogP contribution in [-0.2, 0) is 9.59 Å². The van der Waals surface area contributed by atoms with E-state index < -0.39 is 0 Å². The number of nitrogens with one attached hydrogen (secondary N) is 1. The number of amides is 2. The van der Waals surface area contributed by atoms with Crippen LogP contribution < -0.4 is 10.2 Å². The smallest absolute Gasteiger partial charge is 0.227 e. The van der Waals surface area contributed by atoms with Gasteiger partial charge in [-0.1, -0.05) is 19.1 Å². The first kappa shape index (κ1) is 17.9. The summed E-state index contributed by atoms with van der Waals surface area (Å²) in [5.74, 6) is -0.182. The molecular weight excluding hydrogens is 314 g/mol. The van der Waals surface area contributed by atoms with Gasteiger partial charge in [-0.05, 0) is 57.0 Å². The highest BCUT2D eigenvalue weighted by Crippen LogP contribution is 2.29. The van der Waals surface area contributed by atoms with Gasteiger partial charge in [0.25, 0.3) is 0 Å². The molecule has 3 rings (SSSR count). The zero-order valence-electron chi connectivity index (χ0n) is 15.5. The molecule has 0 aromatic heterocycles. The van der Waals surface area contributed by atoms with E-state index >= 15 is 0 Å². The van der Waals surface area contributed by atoms with Gasteiger partial charge in [-0.3, -0.25) is 14.5 Å².